The highest BCUT2D eigenvalue weighted by atomic mass is 19.4. The van der Waals surface area contributed by atoms with Crippen molar-refractivity contribution in [3.8, 4) is 12.1 Å². The van der Waals surface area contributed by atoms with Crippen LogP contribution in [0.25, 0.3) is 0 Å². The normalized spacial score (nSPS) is 10.6. The van der Waals surface area contributed by atoms with E-state index in [9.17, 15) is 13.2 Å². The van der Waals surface area contributed by atoms with Gasteiger partial charge in [0.15, 0.2) is 0 Å². The summed E-state index contributed by atoms with van der Waals surface area (Å²) in [7, 11) is 0. The first kappa shape index (κ1) is 9.32. The van der Waals surface area contributed by atoms with Gasteiger partial charge in [0, 0.05) is 12.3 Å². The maximum absolute atomic E-state index is 12.0. The van der Waals surface area contributed by atoms with Crippen molar-refractivity contribution < 1.29 is 17.9 Å². The van der Waals surface area contributed by atoms with Crippen molar-refractivity contribution in [1.29, 1.82) is 5.26 Å². The second-order valence-corrected chi connectivity index (χ2v) is 2.08. The molecule has 0 aliphatic carbocycles. The zero-order valence-corrected chi connectivity index (χ0v) is 6.17. The third-order valence-corrected chi connectivity index (χ3v) is 1.21. The molecule has 0 saturated carbocycles. The summed E-state index contributed by atoms with van der Waals surface area (Å²) in [5.41, 5.74) is -0.877. The van der Waals surface area contributed by atoms with Crippen LogP contribution >= 0.6 is 0 Å². The molecule has 1 aromatic rings. The van der Waals surface area contributed by atoms with E-state index in [1.165, 1.54) is 6.26 Å². The van der Waals surface area contributed by atoms with E-state index in [0.717, 1.165) is 12.1 Å². The highest BCUT2D eigenvalue weighted by Gasteiger charge is 2.30. The summed E-state index contributed by atoms with van der Waals surface area (Å²) >= 11 is 0. The number of aromatic nitrogens is 1. The Hall–Kier alpha value is -1.77. The Labute approximate surface area is 71.4 Å². The number of pyridine rings is 1. The van der Waals surface area contributed by atoms with Crippen LogP contribution < -0.4 is 4.74 Å². The number of hydrogen-bond donors (Lipinski definition) is 0. The lowest BCUT2D eigenvalue weighted by Gasteiger charge is -2.04. The number of rotatable bonds is 1. The van der Waals surface area contributed by atoms with Crippen LogP contribution in [0.2, 0.25) is 0 Å². The Kier molecular flexibility index (Phi) is 2.37. The van der Waals surface area contributed by atoms with Gasteiger partial charge in [-0.15, -0.1) is 5.26 Å². The van der Waals surface area contributed by atoms with Crippen molar-refractivity contribution in [3.63, 3.8) is 0 Å². The average Bonchev–Trinajstić information content (AvgIpc) is 2.04. The lowest BCUT2D eigenvalue weighted by Crippen LogP contribution is -2.05. The number of halogens is 3. The number of nitriles is 1. The summed E-state index contributed by atoms with van der Waals surface area (Å²) < 4.78 is 40.1. The van der Waals surface area contributed by atoms with Gasteiger partial charge in [0.05, 0.1) is 5.56 Å². The average molecular weight is 188 g/mol. The van der Waals surface area contributed by atoms with Crippen molar-refractivity contribution in [2.45, 2.75) is 6.18 Å². The van der Waals surface area contributed by atoms with Crippen LogP contribution in [0.4, 0.5) is 13.2 Å². The Morgan fingerprint density at radius 2 is 2.08 bits per heavy atom. The van der Waals surface area contributed by atoms with E-state index in [0.29, 0.717) is 6.20 Å². The van der Waals surface area contributed by atoms with Gasteiger partial charge < -0.3 is 4.74 Å². The quantitative estimate of drug-likeness (QED) is 0.633. The molecule has 68 valence electrons. The minimum absolute atomic E-state index is 0.157. The summed E-state index contributed by atoms with van der Waals surface area (Å²) in [5.74, 6) is -0.157. The molecule has 0 atom stereocenters. The van der Waals surface area contributed by atoms with Gasteiger partial charge in [-0.2, -0.15) is 13.2 Å². The van der Waals surface area contributed by atoms with Crippen LogP contribution in [0, 0.1) is 11.5 Å². The van der Waals surface area contributed by atoms with Crippen molar-refractivity contribution in [2.24, 2.45) is 0 Å². The summed E-state index contributed by atoms with van der Waals surface area (Å²) in [5, 5.41) is 8.01. The van der Waals surface area contributed by atoms with E-state index in [4.69, 9.17) is 5.26 Å². The minimum atomic E-state index is -4.42. The maximum atomic E-state index is 12.0. The molecule has 0 saturated heterocycles. The molecule has 0 bridgehead atoms. The molecule has 1 aromatic heterocycles. The molecule has 0 radical (unpaired) electrons. The lowest BCUT2D eigenvalue weighted by atomic mass is 10.3. The van der Waals surface area contributed by atoms with Gasteiger partial charge in [-0.1, -0.05) is 0 Å². The second kappa shape index (κ2) is 3.31. The second-order valence-electron chi connectivity index (χ2n) is 2.08. The van der Waals surface area contributed by atoms with E-state index in [2.05, 4.69) is 9.72 Å². The molecule has 13 heavy (non-hydrogen) atoms. The molecule has 6 heteroatoms. The molecule has 3 nitrogen and oxygen atoms in total. The number of alkyl halides is 3. The predicted octanol–water partition coefficient (Wildman–Crippen LogP) is 1.96. The third kappa shape index (κ3) is 2.33. The molecule has 0 aromatic carbocycles. The molecule has 1 rings (SSSR count). The van der Waals surface area contributed by atoms with Crippen LogP contribution in [-0.2, 0) is 6.18 Å². The minimum Gasteiger partial charge on any atom is -0.367 e. The van der Waals surface area contributed by atoms with Crippen LogP contribution in [0.1, 0.15) is 5.56 Å². The van der Waals surface area contributed by atoms with Gasteiger partial charge in [0.1, 0.15) is 0 Å². The molecule has 0 spiro atoms. The highest BCUT2D eigenvalue weighted by molar-refractivity contribution is 5.20. The van der Waals surface area contributed by atoms with Crippen LogP contribution in [0.15, 0.2) is 18.3 Å². The van der Waals surface area contributed by atoms with Crippen LogP contribution in [0.3, 0.4) is 0 Å². The smallest absolute Gasteiger partial charge is 0.367 e. The molecule has 0 fully saturated rings. The van der Waals surface area contributed by atoms with E-state index < -0.39 is 11.7 Å². The fourth-order valence-electron chi connectivity index (χ4n) is 0.655. The first-order chi connectivity index (χ1) is 6.04. The molecular formula is C7H3F3N2O. The summed E-state index contributed by atoms with van der Waals surface area (Å²) in [6, 6.07) is 1.77. The first-order valence-electron chi connectivity index (χ1n) is 3.13. The van der Waals surface area contributed by atoms with Gasteiger partial charge in [-0.3, -0.25) is 0 Å². The summed E-state index contributed by atoms with van der Waals surface area (Å²) in [6.45, 7) is 0. The number of nitrogens with zero attached hydrogens (tertiary/aromatic N) is 2. The van der Waals surface area contributed by atoms with E-state index in [1.807, 2.05) is 0 Å². The predicted molar refractivity (Wildman–Crippen MR) is 35.5 cm³/mol. The standard InChI is InChI=1S/C7H3F3N2O/c8-7(9,10)5-1-2-6(12-3-5)13-4-11/h1-3H. The fraction of sp³-hybridized carbons (Fsp3) is 0.143. The van der Waals surface area contributed by atoms with E-state index in [1.54, 1.807) is 0 Å². The molecule has 0 aliphatic rings. The van der Waals surface area contributed by atoms with Crippen LogP contribution in [0.5, 0.6) is 5.88 Å². The Bertz CT molecular complexity index is 325. The Morgan fingerprint density at radius 3 is 2.46 bits per heavy atom. The highest BCUT2D eigenvalue weighted by Crippen LogP contribution is 2.28. The molecule has 1 heterocycles. The zero-order valence-electron chi connectivity index (χ0n) is 6.17. The van der Waals surface area contributed by atoms with Gasteiger partial charge in [0.2, 0.25) is 5.88 Å². The molecule has 0 aliphatic heterocycles. The van der Waals surface area contributed by atoms with Crippen molar-refractivity contribution >= 4 is 0 Å². The summed E-state index contributed by atoms with van der Waals surface area (Å²) in [6.07, 6.45) is -2.52. The van der Waals surface area contributed by atoms with E-state index >= 15 is 0 Å². The Balaban J connectivity index is 2.89. The third-order valence-electron chi connectivity index (χ3n) is 1.21. The topological polar surface area (TPSA) is 45.9 Å². The molecule has 0 unspecified atom stereocenters. The molecule has 0 amide bonds. The fourth-order valence-corrected chi connectivity index (χ4v) is 0.655. The SMILES string of the molecule is N#COc1ccc(C(F)(F)F)cn1. The van der Waals surface area contributed by atoms with Crippen molar-refractivity contribution in [1.82, 2.24) is 4.98 Å². The first-order valence-corrected chi connectivity index (χ1v) is 3.13. The van der Waals surface area contributed by atoms with Gasteiger partial charge in [-0.25, -0.2) is 4.98 Å². The summed E-state index contributed by atoms with van der Waals surface area (Å²) in [4.78, 5) is 3.27. The zero-order chi connectivity index (χ0) is 9.90. The van der Waals surface area contributed by atoms with Crippen LogP contribution in [-0.4, -0.2) is 4.98 Å². The largest absolute Gasteiger partial charge is 0.417 e. The number of ether oxygens (including phenoxy) is 1. The maximum Gasteiger partial charge on any atom is 0.417 e. The lowest BCUT2D eigenvalue weighted by molar-refractivity contribution is -0.137. The number of hydrogen-bond acceptors (Lipinski definition) is 3. The van der Waals surface area contributed by atoms with E-state index in [-0.39, 0.29) is 5.88 Å². The molecule has 0 N–H and O–H groups in total. The van der Waals surface area contributed by atoms with Gasteiger partial charge in [-0.05, 0) is 6.07 Å². The monoisotopic (exact) mass is 188 g/mol. The van der Waals surface area contributed by atoms with Crippen molar-refractivity contribution in [2.75, 3.05) is 0 Å². The Morgan fingerprint density at radius 1 is 1.38 bits per heavy atom. The van der Waals surface area contributed by atoms with Gasteiger partial charge in [0.25, 0.3) is 6.26 Å². The van der Waals surface area contributed by atoms with Gasteiger partial charge >= 0.3 is 6.18 Å². The van der Waals surface area contributed by atoms with Crippen molar-refractivity contribution in [3.05, 3.63) is 23.9 Å². The molecular weight excluding hydrogens is 185 g/mol.